The number of hydrogen-bond acceptors (Lipinski definition) is 3. The average molecular weight is 372 g/mol. The van der Waals surface area contributed by atoms with Crippen molar-refractivity contribution in [2.24, 2.45) is 0 Å². The summed E-state index contributed by atoms with van der Waals surface area (Å²) >= 11 is 0. The van der Waals surface area contributed by atoms with Crippen LogP contribution in [0.3, 0.4) is 0 Å². The van der Waals surface area contributed by atoms with Crippen LogP contribution in [0.15, 0.2) is 42.5 Å². The molecule has 2 heterocycles. The molecule has 0 unspecified atom stereocenters. The maximum Gasteiger partial charge on any atom is 0.407 e. The number of alkyl carbamates (subject to hydrolysis) is 1. The highest BCUT2D eigenvalue weighted by molar-refractivity contribution is 5.94. The summed E-state index contributed by atoms with van der Waals surface area (Å²) in [6.45, 7) is 1.46. The normalized spacial score (nSPS) is 18.3. The minimum Gasteiger partial charge on any atom is -0.441 e. The molecule has 0 aromatic heterocycles. The van der Waals surface area contributed by atoms with Crippen LogP contribution in [0.25, 0.3) is 11.1 Å². The van der Waals surface area contributed by atoms with Crippen molar-refractivity contribution >= 4 is 12.0 Å². The molecule has 2 amide bonds. The molecule has 2 aromatic carbocycles. The summed E-state index contributed by atoms with van der Waals surface area (Å²) in [6.07, 6.45) is 0.767. The number of amides is 2. The molecular weight excluding hydrogens is 354 g/mol. The van der Waals surface area contributed by atoms with Crippen LogP contribution >= 0.6 is 0 Å². The van der Waals surface area contributed by atoms with Gasteiger partial charge in [-0.05, 0) is 23.8 Å². The Kier molecular flexibility index (Phi) is 4.30. The summed E-state index contributed by atoms with van der Waals surface area (Å²) in [4.78, 5) is 25.7. The van der Waals surface area contributed by atoms with E-state index in [2.05, 4.69) is 5.32 Å². The van der Waals surface area contributed by atoms with Gasteiger partial charge in [0, 0.05) is 37.1 Å². The van der Waals surface area contributed by atoms with Crippen molar-refractivity contribution in [3.8, 4) is 11.1 Å². The predicted molar refractivity (Wildman–Crippen MR) is 94.1 cm³/mol. The second-order valence-electron chi connectivity index (χ2n) is 6.90. The highest BCUT2D eigenvalue weighted by Crippen LogP contribution is 2.30. The number of halogens is 2. The third-order valence-corrected chi connectivity index (χ3v) is 5.22. The van der Waals surface area contributed by atoms with E-state index in [1.165, 1.54) is 12.1 Å². The lowest BCUT2D eigenvalue weighted by Crippen LogP contribution is -2.48. The van der Waals surface area contributed by atoms with Gasteiger partial charge in [-0.15, -0.1) is 0 Å². The number of benzene rings is 2. The molecule has 0 bridgehead atoms. The van der Waals surface area contributed by atoms with Crippen molar-refractivity contribution in [2.75, 3.05) is 19.6 Å². The molecule has 2 saturated heterocycles. The number of piperidine rings is 1. The Bertz CT molecular complexity index is 891. The Morgan fingerprint density at radius 3 is 2.41 bits per heavy atom. The summed E-state index contributed by atoms with van der Waals surface area (Å²) in [5, 5.41) is 2.66. The van der Waals surface area contributed by atoms with Crippen molar-refractivity contribution in [3.63, 3.8) is 0 Å². The van der Waals surface area contributed by atoms with E-state index in [4.69, 9.17) is 4.74 Å². The SMILES string of the molecule is O=C1NCC2(CCN(C(=O)c3ccc(-c4cccc(F)c4F)cc3)CC2)O1. The van der Waals surface area contributed by atoms with Gasteiger partial charge < -0.3 is 15.0 Å². The Morgan fingerprint density at radius 2 is 1.78 bits per heavy atom. The first-order valence-corrected chi connectivity index (χ1v) is 8.78. The monoisotopic (exact) mass is 372 g/mol. The molecule has 27 heavy (non-hydrogen) atoms. The predicted octanol–water partition coefficient (Wildman–Crippen LogP) is 3.35. The number of nitrogens with zero attached hydrogens (tertiary/aromatic N) is 1. The van der Waals surface area contributed by atoms with Gasteiger partial charge in [0.1, 0.15) is 5.60 Å². The molecule has 140 valence electrons. The molecule has 5 nitrogen and oxygen atoms in total. The van der Waals surface area contributed by atoms with Crippen molar-refractivity contribution in [1.82, 2.24) is 10.2 Å². The van der Waals surface area contributed by atoms with E-state index < -0.39 is 23.3 Å². The fourth-order valence-electron chi connectivity index (χ4n) is 3.60. The van der Waals surface area contributed by atoms with Crippen molar-refractivity contribution in [1.29, 1.82) is 0 Å². The first kappa shape index (κ1) is 17.5. The Morgan fingerprint density at radius 1 is 1.07 bits per heavy atom. The van der Waals surface area contributed by atoms with Crippen LogP contribution in [-0.2, 0) is 4.74 Å². The fraction of sp³-hybridized carbons (Fsp3) is 0.300. The van der Waals surface area contributed by atoms with Crippen LogP contribution < -0.4 is 5.32 Å². The lowest BCUT2D eigenvalue weighted by molar-refractivity contribution is 0.00331. The minimum absolute atomic E-state index is 0.131. The summed E-state index contributed by atoms with van der Waals surface area (Å²) < 4.78 is 32.7. The number of rotatable bonds is 2. The zero-order chi connectivity index (χ0) is 19.0. The van der Waals surface area contributed by atoms with E-state index in [-0.39, 0.29) is 11.5 Å². The summed E-state index contributed by atoms with van der Waals surface area (Å²) in [7, 11) is 0. The number of nitrogens with one attached hydrogen (secondary N) is 1. The molecule has 2 aliphatic heterocycles. The number of ether oxygens (including phenoxy) is 1. The largest absolute Gasteiger partial charge is 0.441 e. The van der Waals surface area contributed by atoms with Crippen molar-refractivity contribution in [3.05, 3.63) is 59.7 Å². The first-order valence-electron chi connectivity index (χ1n) is 8.78. The third kappa shape index (κ3) is 3.25. The lowest BCUT2D eigenvalue weighted by atomic mass is 9.91. The smallest absolute Gasteiger partial charge is 0.407 e. The molecule has 2 fully saturated rings. The average Bonchev–Trinajstić information content (AvgIpc) is 3.04. The van der Waals surface area contributed by atoms with E-state index in [0.29, 0.717) is 43.6 Å². The Labute approximate surface area is 154 Å². The van der Waals surface area contributed by atoms with Crippen LogP contribution in [-0.4, -0.2) is 42.1 Å². The van der Waals surface area contributed by atoms with Gasteiger partial charge in [-0.25, -0.2) is 13.6 Å². The van der Waals surface area contributed by atoms with E-state index in [1.807, 2.05) is 0 Å². The van der Waals surface area contributed by atoms with Crippen molar-refractivity contribution < 1.29 is 23.1 Å². The molecule has 4 rings (SSSR count). The van der Waals surface area contributed by atoms with Crippen LogP contribution in [0.1, 0.15) is 23.2 Å². The summed E-state index contributed by atoms with van der Waals surface area (Å²) in [5.41, 5.74) is 0.634. The number of carbonyl (C=O) groups excluding carboxylic acids is 2. The van der Waals surface area contributed by atoms with E-state index >= 15 is 0 Å². The molecule has 2 aliphatic rings. The second-order valence-corrected chi connectivity index (χ2v) is 6.90. The first-order chi connectivity index (χ1) is 13.0. The van der Waals surface area contributed by atoms with Gasteiger partial charge in [0.05, 0.1) is 6.54 Å². The molecule has 1 N–H and O–H groups in total. The third-order valence-electron chi connectivity index (χ3n) is 5.22. The highest BCUT2D eigenvalue weighted by Gasteiger charge is 2.43. The van der Waals surface area contributed by atoms with Gasteiger partial charge >= 0.3 is 6.09 Å². The maximum atomic E-state index is 13.9. The quantitative estimate of drug-likeness (QED) is 0.880. The van der Waals surface area contributed by atoms with Gasteiger partial charge in [0.25, 0.3) is 5.91 Å². The van der Waals surface area contributed by atoms with Gasteiger partial charge in [0.15, 0.2) is 11.6 Å². The topological polar surface area (TPSA) is 58.6 Å². The fourth-order valence-corrected chi connectivity index (χ4v) is 3.60. The number of hydrogen-bond donors (Lipinski definition) is 1. The van der Waals surface area contributed by atoms with Crippen molar-refractivity contribution in [2.45, 2.75) is 18.4 Å². The Hall–Kier alpha value is -2.96. The molecule has 0 aliphatic carbocycles. The molecular formula is C20H18F2N2O3. The minimum atomic E-state index is -0.906. The highest BCUT2D eigenvalue weighted by atomic mass is 19.2. The van der Waals surface area contributed by atoms with Gasteiger partial charge in [-0.2, -0.15) is 0 Å². The zero-order valence-electron chi connectivity index (χ0n) is 14.5. The maximum absolute atomic E-state index is 13.9. The summed E-state index contributed by atoms with van der Waals surface area (Å²) in [6, 6.07) is 10.5. The number of carbonyl (C=O) groups is 2. The van der Waals surface area contributed by atoms with Crippen LogP contribution in [0.4, 0.5) is 13.6 Å². The second kappa shape index (κ2) is 6.64. The Balaban J connectivity index is 1.46. The van der Waals surface area contributed by atoms with E-state index in [1.54, 1.807) is 29.2 Å². The molecule has 2 aromatic rings. The van der Waals surface area contributed by atoms with Crippen LogP contribution in [0, 0.1) is 11.6 Å². The zero-order valence-corrected chi connectivity index (χ0v) is 14.5. The van der Waals surface area contributed by atoms with Crippen LogP contribution in [0.5, 0.6) is 0 Å². The van der Waals surface area contributed by atoms with Gasteiger partial charge in [0.2, 0.25) is 0 Å². The molecule has 1 spiro atoms. The van der Waals surface area contributed by atoms with E-state index in [0.717, 1.165) is 6.07 Å². The standard InChI is InChI=1S/C20H18F2N2O3/c21-16-3-1-2-15(17(16)22)13-4-6-14(7-5-13)18(25)24-10-8-20(9-11-24)12-23-19(26)27-20/h1-7H,8-12H2,(H,23,26). The van der Waals surface area contributed by atoms with E-state index in [9.17, 15) is 18.4 Å². The molecule has 0 atom stereocenters. The summed E-state index contributed by atoms with van der Waals surface area (Å²) in [5.74, 6) is -1.94. The van der Waals surface area contributed by atoms with Crippen LogP contribution in [0.2, 0.25) is 0 Å². The molecule has 0 radical (unpaired) electrons. The molecule has 7 heteroatoms. The van der Waals surface area contributed by atoms with Gasteiger partial charge in [-0.1, -0.05) is 24.3 Å². The molecule has 0 saturated carbocycles. The lowest BCUT2D eigenvalue weighted by Gasteiger charge is -2.37. The number of likely N-dealkylation sites (tertiary alicyclic amines) is 1. The van der Waals surface area contributed by atoms with Gasteiger partial charge in [-0.3, -0.25) is 4.79 Å².